The van der Waals surface area contributed by atoms with Crippen LogP contribution < -0.4 is 5.32 Å². The highest BCUT2D eigenvalue weighted by Crippen LogP contribution is 2.23. The molecule has 11 heteroatoms. The van der Waals surface area contributed by atoms with Crippen molar-refractivity contribution in [3.8, 4) is 0 Å². The standard InChI is InChI=1S/C21H14Cl2FN7O/c22-12-1-2-16-14(7-12)17(29-28-16)9-26-21(32)20-27-18(30-31-20)5-10-3-11-6-13(23)8-25-19(11)15(24)4-10/h1-4,6-8H,5,9H2,(H,26,32)(H,28,29)(H,27,30,31). The molecule has 0 atom stereocenters. The van der Waals surface area contributed by atoms with Gasteiger partial charge in [0.2, 0.25) is 5.82 Å². The lowest BCUT2D eigenvalue weighted by atomic mass is 10.1. The molecule has 2 aromatic carbocycles. The molecule has 5 aromatic rings. The number of H-pyrrole nitrogens is 2. The summed E-state index contributed by atoms with van der Waals surface area (Å²) >= 11 is 12.0. The molecule has 0 bridgehead atoms. The molecule has 0 saturated carbocycles. The lowest BCUT2D eigenvalue weighted by Crippen LogP contribution is -2.24. The zero-order valence-corrected chi connectivity index (χ0v) is 17.8. The molecule has 0 fully saturated rings. The monoisotopic (exact) mass is 469 g/mol. The quantitative estimate of drug-likeness (QED) is 0.357. The van der Waals surface area contributed by atoms with Gasteiger partial charge in [0.15, 0.2) is 0 Å². The molecule has 0 saturated heterocycles. The molecule has 32 heavy (non-hydrogen) atoms. The van der Waals surface area contributed by atoms with Crippen LogP contribution in [0.15, 0.2) is 42.6 Å². The van der Waals surface area contributed by atoms with Crippen LogP contribution in [0.3, 0.4) is 0 Å². The van der Waals surface area contributed by atoms with Crippen LogP contribution >= 0.6 is 23.2 Å². The Hall–Kier alpha value is -3.56. The largest absolute Gasteiger partial charge is 0.344 e. The van der Waals surface area contributed by atoms with E-state index < -0.39 is 11.7 Å². The summed E-state index contributed by atoms with van der Waals surface area (Å²) < 4.78 is 14.4. The molecule has 160 valence electrons. The molecule has 8 nitrogen and oxygen atoms in total. The normalized spacial score (nSPS) is 11.3. The molecular weight excluding hydrogens is 456 g/mol. The number of carbonyl (C=O) groups is 1. The minimum Gasteiger partial charge on any atom is -0.344 e. The number of hydrogen-bond donors (Lipinski definition) is 3. The van der Waals surface area contributed by atoms with Gasteiger partial charge in [0.1, 0.15) is 17.2 Å². The van der Waals surface area contributed by atoms with Gasteiger partial charge in [0, 0.05) is 28.4 Å². The number of halogens is 3. The summed E-state index contributed by atoms with van der Waals surface area (Å²) in [4.78, 5) is 19.4. The molecule has 0 aliphatic rings. The minimum absolute atomic E-state index is 0.0452. The van der Waals surface area contributed by atoms with Crippen molar-refractivity contribution >= 4 is 50.9 Å². The predicted molar refractivity (Wildman–Crippen MR) is 118 cm³/mol. The number of benzene rings is 2. The fourth-order valence-electron chi connectivity index (χ4n) is 3.43. The number of carbonyl (C=O) groups excluding carboxylic acids is 1. The number of hydrogen-bond acceptors (Lipinski definition) is 5. The molecule has 5 rings (SSSR count). The summed E-state index contributed by atoms with van der Waals surface area (Å²) in [6, 6.07) is 10.1. The Morgan fingerprint density at radius 1 is 1.09 bits per heavy atom. The Kier molecular flexibility index (Phi) is 5.20. The molecule has 0 radical (unpaired) electrons. The summed E-state index contributed by atoms with van der Waals surface area (Å²) in [5.74, 6) is -0.440. The lowest BCUT2D eigenvalue weighted by molar-refractivity contribution is 0.0940. The number of fused-ring (bicyclic) bond motifs is 2. The lowest BCUT2D eigenvalue weighted by Gasteiger charge is -2.04. The predicted octanol–water partition coefficient (Wildman–Crippen LogP) is 4.20. The van der Waals surface area contributed by atoms with E-state index in [-0.39, 0.29) is 24.3 Å². The van der Waals surface area contributed by atoms with Crippen molar-refractivity contribution < 1.29 is 9.18 Å². The SMILES string of the molecule is O=C(NCc1n[nH]c2ccc(Cl)cc12)c1nnc(Cc2cc(F)c3ncc(Cl)cc3c2)[nH]1. The van der Waals surface area contributed by atoms with Crippen LogP contribution in [0, 0.1) is 5.82 Å². The maximum absolute atomic E-state index is 14.4. The molecule has 0 spiro atoms. The van der Waals surface area contributed by atoms with E-state index in [1.165, 1.54) is 12.3 Å². The first-order valence-electron chi connectivity index (χ1n) is 9.52. The molecule has 0 unspecified atom stereocenters. The van der Waals surface area contributed by atoms with E-state index in [1.807, 2.05) is 6.07 Å². The Bertz CT molecular complexity index is 1480. The van der Waals surface area contributed by atoms with Gasteiger partial charge in [-0.15, -0.1) is 10.2 Å². The first kappa shape index (κ1) is 20.3. The Labute approximate surface area is 190 Å². The second kappa shape index (κ2) is 8.18. The summed E-state index contributed by atoms with van der Waals surface area (Å²) in [6.45, 7) is 0.179. The van der Waals surface area contributed by atoms with Gasteiger partial charge in [-0.2, -0.15) is 5.10 Å². The van der Waals surface area contributed by atoms with Gasteiger partial charge in [0.05, 0.1) is 22.8 Å². The van der Waals surface area contributed by atoms with Crippen LogP contribution in [0.4, 0.5) is 4.39 Å². The zero-order valence-electron chi connectivity index (χ0n) is 16.3. The molecule has 0 aliphatic heterocycles. The zero-order chi connectivity index (χ0) is 22.2. The molecule has 3 heterocycles. The maximum Gasteiger partial charge on any atom is 0.289 e. The summed E-state index contributed by atoms with van der Waals surface area (Å²) in [6.07, 6.45) is 1.65. The highest BCUT2D eigenvalue weighted by atomic mass is 35.5. The first-order chi connectivity index (χ1) is 15.5. The first-order valence-corrected chi connectivity index (χ1v) is 10.3. The second-order valence-electron chi connectivity index (χ2n) is 7.14. The Balaban J connectivity index is 1.29. The van der Waals surface area contributed by atoms with Crippen LogP contribution in [-0.4, -0.2) is 36.3 Å². The highest BCUT2D eigenvalue weighted by Gasteiger charge is 2.15. The number of nitrogens with one attached hydrogen (secondary N) is 3. The van der Waals surface area contributed by atoms with Crippen LogP contribution in [0.2, 0.25) is 10.0 Å². The summed E-state index contributed by atoms with van der Waals surface area (Å²) in [5.41, 5.74) is 2.35. The highest BCUT2D eigenvalue weighted by molar-refractivity contribution is 6.31. The van der Waals surface area contributed by atoms with Gasteiger partial charge < -0.3 is 10.3 Å². The summed E-state index contributed by atoms with van der Waals surface area (Å²) in [7, 11) is 0. The van der Waals surface area contributed by atoms with E-state index in [1.54, 1.807) is 24.3 Å². The van der Waals surface area contributed by atoms with Gasteiger partial charge in [-0.1, -0.05) is 23.2 Å². The van der Waals surface area contributed by atoms with Gasteiger partial charge in [-0.3, -0.25) is 14.9 Å². The Morgan fingerprint density at radius 3 is 2.84 bits per heavy atom. The van der Waals surface area contributed by atoms with Gasteiger partial charge in [-0.25, -0.2) is 4.39 Å². The summed E-state index contributed by atoms with van der Waals surface area (Å²) in [5, 5.41) is 20.1. The topological polar surface area (TPSA) is 112 Å². The van der Waals surface area contributed by atoms with Crippen LogP contribution in [0.5, 0.6) is 0 Å². The Morgan fingerprint density at radius 2 is 1.97 bits per heavy atom. The van der Waals surface area contributed by atoms with Crippen LogP contribution in [0.25, 0.3) is 21.8 Å². The smallest absolute Gasteiger partial charge is 0.289 e. The number of aromatic amines is 2. The van der Waals surface area contributed by atoms with Crippen molar-refractivity contribution in [3.63, 3.8) is 0 Å². The van der Waals surface area contributed by atoms with E-state index in [9.17, 15) is 9.18 Å². The second-order valence-corrected chi connectivity index (χ2v) is 8.02. The van der Waals surface area contributed by atoms with Crippen molar-refractivity contribution in [1.82, 2.24) is 35.7 Å². The number of aromatic nitrogens is 6. The van der Waals surface area contributed by atoms with Gasteiger partial charge in [0.25, 0.3) is 5.91 Å². The van der Waals surface area contributed by atoms with E-state index >= 15 is 0 Å². The number of rotatable bonds is 5. The number of pyridine rings is 1. The molecule has 3 aromatic heterocycles. The van der Waals surface area contributed by atoms with E-state index in [4.69, 9.17) is 23.2 Å². The van der Waals surface area contributed by atoms with Gasteiger partial charge in [-0.05, 0) is 42.0 Å². The molecule has 1 amide bonds. The van der Waals surface area contributed by atoms with Gasteiger partial charge >= 0.3 is 0 Å². The average Bonchev–Trinajstić information content (AvgIpc) is 3.38. The van der Waals surface area contributed by atoms with Crippen LogP contribution in [0.1, 0.15) is 27.7 Å². The molecule has 3 N–H and O–H groups in total. The fraction of sp³-hybridized carbons (Fsp3) is 0.0952. The average molecular weight is 470 g/mol. The van der Waals surface area contributed by atoms with Crippen LogP contribution in [-0.2, 0) is 13.0 Å². The number of nitrogens with zero attached hydrogens (tertiary/aromatic N) is 4. The third kappa shape index (κ3) is 4.00. The van der Waals surface area contributed by atoms with E-state index in [2.05, 4.69) is 35.7 Å². The van der Waals surface area contributed by atoms with Crippen molar-refractivity contribution in [2.24, 2.45) is 0 Å². The van der Waals surface area contributed by atoms with Crippen molar-refractivity contribution in [3.05, 3.63) is 81.4 Å². The number of amides is 1. The molecular formula is C21H14Cl2FN7O. The van der Waals surface area contributed by atoms with Crippen molar-refractivity contribution in [1.29, 1.82) is 0 Å². The van der Waals surface area contributed by atoms with E-state index in [0.29, 0.717) is 32.5 Å². The van der Waals surface area contributed by atoms with Crippen molar-refractivity contribution in [2.45, 2.75) is 13.0 Å². The molecule has 0 aliphatic carbocycles. The third-order valence-corrected chi connectivity index (χ3v) is 5.35. The third-order valence-electron chi connectivity index (χ3n) is 4.90. The van der Waals surface area contributed by atoms with E-state index in [0.717, 1.165) is 10.9 Å². The minimum atomic E-state index is -0.460. The fourth-order valence-corrected chi connectivity index (χ4v) is 3.77. The maximum atomic E-state index is 14.4. The van der Waals surface area contributed by atoms with Crippen molar-refractivity contribution in [2.75, 3.05) is 0 Å².